The first kappa shape index (κ1) is 16.0. The van der Waals surface area contributed by atoms with Crippen LogP contribution in [0.5, 0.6) is 0 Å². The Labute approximate surface area is 156 Å². The van der Waals surface area contributed by atoms with Crippen LogP contribution in [-0.4, -0.2) is 26.6 Å². The Morgan fingerprint density at radius 1 is 1.04 bits per heavy atom. The fourth-order valence-corrected chi connectivity index (χ4v) is 4.10. The fourth-order valence-electron chi connectivity index (χ4n) is 4.10. The van der Waals surface area contributed by atoms with Crippen LogP contribution in [0.4, 0.5) is 11.9 Å². The summed E-state index contributed by atoms with van der Waals surface area (Å²) < 4.78 is 1.73. The highest BCUT2D eigenvalue weighted by Crippen LogP contribution is 2.38. The molecule has 5 rings (SSSR count). The minimum atomic E-state index is -0.291. The molecule has 0 spiro atoms. The summed E-state index contributed by atoms with van der Waals surface area (Å²) >= 11 is 0. The van der Waals surface area contributed by atoms with Crippen molar-refractivity contribution < 1.29 is 9.59 Å². The third-order valence-corrected chi connectivity index (χ3v) is 5.45. The Balaban J connectivity index is 1.54. The normalized spacial score (nSPS) is 26.5. The van der Waals surface area contributed by atoms with Crippen LogP contribution in [-0.2, 0) is 9.59 Å². The van der Waals surface area contributed by atoms with E-state index in [0.717, 1.165) is 11.3 Å². The molecule has 7 nitrogen and oxygen atoms in total. The monoisotopic (exact) mass is 361 g/mol. The fraction of sp³-hybridized carbons (Fsp3) is 0.300. The van der Waals surface area contributed by atoms with Gasteiger partial charge < -0.3 is 5.32 Å². The molecule has 0 radical (unpaired) electrons. The van der Waals surface area contributed by atoms with E-state index in [9.17, 15) is 9.59 Å². The lowest BCUT2D eigenvalue weighted by Crippen LogP contribution is -2.32. The summed E-state index contributed by atoms with van der Waals surface area (Å²) in [6.45, 7) is 1.96. The van der Waals surface area contributed by atoms with Gasteiger partial charge >= 0.3 is 0 Å². The molecule has 3 heterocycles. The number of imide groups is 1. The van der Waals surface area contributed by atoms with E-state index in [0.29, 0.717) is 18.8 Å². The predicted octanol–water partition coefficient (Wildman–Crippen LogP) is 2.65. The van der Waals surface area contributed by atoms with E-state index in [1.807, 2.05) is 49.4 Å². The van der Waals surface area contributed by atoms with E-state index in [1.165, 1.54) is 4.90 Å². The van der Waals surface area contributed by atoms with Gasteiger partial charge in [-0.15, -0.1) is 5.10 Å². The minimum Gasteiger partial charge on any atom is -0.329 e. The number of benzene rings is 1. The van der Waals surface area contributed by atoms with Crippen molar-refractivity contribution in [1.29, 1.82) is 0 Å². The zero-order valence-corrected chi connectivity index (χ0v) is 14.9. The van der Waals surface area contributed by atoms with Gasteiger partial charge in [-0.3, -0.25) is 9.59 Å². The summed E-state index contributed by atoms with van der Waals surface area (Å²) in [5.41, 5.74) is 2.01. The maximum atomic E-state index is 12.8. The Bertz CT molecular complexity index is 965. The number of anilines is 2. The average molecular weight is 361 g/mol. The topological polar surface area (TPSA) is 80.1 Å². The van der Waals surface area contributed by atoms with Crippen LogP contribution in [0, 0.1) is 11.8 Å². The number of rotatable bonds is 2. The van der Waals surface area contributed by atoms with Gasteiger partial charge in [-0.1, -0.05) is 42.5 Å². The van der Waals surface area contributed by atoms with Crippen LogP contribution < -0.4 is 10.2 Å². The second-order valence-electron chi connectivity index (χ2n) is 7.18. The molecule has 1 fully saturated rings. The van der Waals surface area contributed by atoms with Gasteiger partial charge in [0.2, 0.25) is 17.8 Å². The minimum absolute atomic E-state index is 0.138. The van der Waals surface area contributed by atoms with Gasteiger partial charge in [0.1, 0.15) is 6.04 Å². The number of fused-ring (bicyclic) bond motifs is 2. The molecule has 1 N–H and O–H groups in total. The smallest absolute Gasteiger partial charge is 0.260 e. The third kappa shape index (κ3) is 2.42. The molecular weight excluding hydrogens is 342 g/mol. The van der Waals surface area contributed by atoms with E-state index >= 15 is 0 Å². The van der Waals surface area contributed by atoms with Crippen molar-refractivity contribution in [3.63, 3.8) is 0 Å². The third-order valence-electron chi connectivity index (χ3n) is 5.45. The van der Waals surface area contributed by atoms with Gasteiger partial charge in [0.15, 0.2) is 0 Å². The largest absolute Gasteiger partial charge is 0.329 e. The van der Waals surface area contributed by atoms with E-state index in [4.69, 9.17) is 0 Å². The molecule has 1 aromatic heterocycles. The van der Waals surface area contributed by atoms with Gasteiger partial charge in [0.25, 0.3) is 5.95 Å². The van der Waals surface area contributed by atoms with Gasteiger partial charge in [-0.25, -0.2) is 9.58 Å². The van der Waals surface area contributed by atoms with Crippen molar-refractivity contribution >= 4 is 23.7 Å². The summed E-state index contributed by atoms with van der Waals surface area (Å²) in [4.78, 5) is 31.3. The lowest BCUT2D eigenvalue weighted by Gasteiger charge is -2.22. The Hall–Kier alpha value is -3.22. The highest BCUT2D eigenvalue weighted by atomic mass is 16.2. The van der Waals surface area contributed by atoms with Crippen molar-refractivity contribution in [3.8, 4) is 0 Å². The van der Waals surface area contributed by atoms with E-state index in [2.05, 4.69) is 21.5 Å². The molecule has 2 aromatic rings. The number of aromatic nitrogens is 3. The van der Waals surface area contributed by atoms with Gasteiger partial charge in [0, 0.05) is 5.70 Å². The van der Waals surface area contributed by atoms with Crippen LogP contribution in [0.3, 0.4) is 0 Å². The second-order valence-corrected chi connectivity index (χ2v) is 7.18. The lowest BCUT2D eigenvalue weighted by molar-refractivity contribution is -0.122. The molecule has 27 heavy (non-hydrogen) atoms. The zero-order chi connectivity index (χ0) is 18.5. The number of allylic oxidation sites excluding steroid dienone is 4. The van der Waals surface area contributed by atoms with E-state index in [-0.39, 0.29) is 35.6 Å². The standard InChI is InChI=1S/C20H19N5O2/c1-12-11-16(13-7-3-2-4-8-13)25-19(21-12)22-20(23-25)24-17(26)14-9-5-6-10-15(14)18(24)27/h2-8,11,14-16H,9-10H2,1H3,(H,21,22,23)/t14-,15-,16-/m0/s1. The maximum Gasteiger partial charge on any atom is 0.260 e. The molecule has 1 saturated heterocycles. The number of carbonyl (C=O) groups is 2. The molecule has 2 aliphatic heterocycles. The molecule has 3 atom stereocenters. The SMILES string of the molecule is CC1=C[C@@H](c2ccccc2)n2nc(N3C(=O)[C@H]4CC=CC[C@@H]4C3=O)nc2N1. The maximum absolute atomic E-state index is 12.8. The van der Waals surface area contributed by atoms with Crippen LogP contribution in [0.25, 0.3) is 0 Å². The summed E-state index contributed by atoms with van der Waals surface area (Å²) in [5, 5.41) is 7.73. The van der Waals surface area contributed by atoms with Crippen molar-refractivity contribution in [2.45, 2.75) is 25.8 Å². The number of amides is 2. The summed E-state index contributed by atoms with van der Waals surface area (Å²) in [7, 11) is 0. The van der Waals surface area contributed by atoms with E-state index in [1.54, 1.807) is 4.68 Å². The Morgan fingerprint density at radius 3 is 2.37 bits per heavy atom. The highest BCUT2D eigenvalue weighted by Gasteiger charge is 2.49. The lowest BCUT2D eigenvalue weighted by atomic mass is 9.85. The molecule has 0 unspecified atom stereocenters. The Kier molecular flexibility index (Phi) is 3.50. The Morgan fingerprint density at radius 2 is 1.70 bits per heavy atom. The van der Waals surface area contributed by atoms with Crippen LogP contribution >= 0.6 is 0 Å². The van der Waals surface area contributed by atoms with Crippen molar-refractivity contribution in [3.05, 3.63) is 59.8 Å². The van der Waals surface area contributed by atoms with Crippen molar-refractivity contribution in [1.82, 2.24) is 14.8 Å². The molecule has 7 heteroatoms. The second kappa shape index (κ2) is 5.90. The molecule has 3 aliphatic rings. The molecule has 0 saturated carbocycles. The molecule has 1 aliphatic carbocycles. The van der Waals surface area contributed by atoms with Crippen LogP contribution in [0.2, 0.25) is 0 Å². The highest BCUT2D eigenvalue weighted by molar-refractivity contribution is 6.21. The number of hydrogen-bond donors (Lipinski definition) is 1. The molecule has 2 amide bonds. The number of carbonyl (C=O) groups excluding carboxylic acids is 2. The van der Waals surface area contributed by atoms with Crippen LogP contribution in [0.15, 0.2) is 54.3 Å². The van der Waals surface area contributed by atoms with Gasteiger partial charge in [-0.2, -0.15) is 4.98 Å². The number of nitrogens with one attached hydrogen (secondary N) is 1. The zero-order valence-electron chi connectivity index (χ0n) is 14.9. The quantitative estimate of drug-likeness (QED) is 0.657. The number of hydrogen-bond acceptors (Lipinski definition) is 5. The first-order valence-electron chi connectivity index (χ1n) is 9.13. The average Bonchev–Trinajstić information content (AvgIpc) is 3.21. The molecular formula is C20H19N5O2. The molecule has 1 aromatic carbocycles. The number of nitrogens with zero attached hydrogens (tertiary/aromatic N) is 4. The molecule has 136 valence electrons. The molecule has 0 bridgehead atoms. The van der Waals surface area contributed by atoms with Crippen molar-refractivity contribution in [2.24, 2.45) is 11.8 Å². The van der Waals surface area contributed by atoms with E-state index < -0.39 is 0 Å². The summed E-state index contributed by atoms with van der Waals surface area (Å²) in [5.74, 6) is -0.281. The van der Waals surface area contributed by atoms with Gasteiger partial charge in [0.05, 0.1) is 11.8 Å². The van der Waals surface area contributed by atoms with Crippen molar-refractivity contribution in [2.75, 3.05) is 10.2 Å². The summed E-state index contributed by atoms with van der Waals surface area (Å²) in [6.07, 6.45) is 7.21. The first-order chi connectivity index (χ1) is 13.1. The van der Waals surface area contributed by atoms with Crippen LogP contribution in [0.1, 0.15) is 31.4 Å². The first-order valence-corrected chi connectivity index (χ1v) is 9.13. The summed E-state index contributed by atoms with van der Waals surface area (Å²) in [6, 6.07) is 9.83. The van der Waals surface area contributed by atoms with Gasteiger partial charge in [-0.05, 0) is 31.4 Å². The predicted molar refractivity (Wildman–Crippen MR) is 99.8 cm³/mol.